The number of nitrogens with one attached hydrogen (secondary N) is 2. The maximum atomic E-state index is 9.79. The van der Waals surface area contributed by atoms with Gasteiger partial charge in [0.2, 0.25) is 5.89 Å². The predicted molar refractivity (Wildman–Crippen MR) is 250 cm³/mol. The van der Waals surface area contributed by atoms with E-state index in [1.54, 1.807) is 0 Å². The van der Waals surface area contributed by atoms with Gasteiger partial charge in [-0.3, -0.25) is 20.1 Å². The number of fused-ring (bicyclic) bond motifs is 3. The SMILES string of the molecule is C[Si](C)/N=C1/C=CC=C(N(C2=CC=C(c3ccc4ccccc4c3)C(=N)/C2=N\[Si](C)C)c2ccc(-c3ccc(-c4nc5ccccc5o4)cc3)c3c2=N[Si](C)(C)N=3)C1=N. The number of oxazole rings is 1. The van der Waals surface area contributed by atoms with Crippen LogP contribution >= 0.6 is 0 Å². The Labute approximate surface area is 347 Å². The minimum atomic E-state index is -2.46. The van der Waals surface area contributed by atoms with Crippen LogP contribution in [-0.2, 0) is 0 Å². The van der Waals surface area contributed by atoms with E-state index in [4.69, 9.17) is 28.0 Å². The van der Waals surface area contributed by atoms with E-state index >= 15 is 0 Å². The first-order valence-corrected chi connectivity index (χ1v) is 27.4. The van der Waals surface area contributed by atoms with Crippen LogP contribution in [0, 0.1) is 10.8 Å². The lowest BCUT2D eigenvalue weighted by atomic mass is 9.90. The number of hydrogen-bond acceptors (Lipinski definition) is 9. The minimum absolute atomic E-state index is 0.312. The molecule has 0 amide bonds. The highest BCUT2D eigenvalue weighted by molar-refractivity contribution is 6.74. The number of para-hydroxylation sites is 2. The fourth-order valence-corrected chi connectivity index (χ4v) is 10.6. The Hall–Kier alpha value is -6.48. The quantitative estimate of drug-likeness (QED) is 0.117. The summed E-state index contributed by atoms with van der Waals surface area (Å²) in [6, 6.07) is 34.9. The van der Waals surface area contributed by atoms with E-state index in [9.17, 15) is 10.8 Å². The van der Waals surface area contributed by atoms with E-state index in [0.717, 1.165) is 66.1 Å². The monoisotopic (exact) mass is 818 g/mol. The second-order valence-electron chi connectivity index (χ2n) is 15.7. The van der Waals surface area contributed by atoms with Crippen molar-refractivity contribution in [3.8, 4) is 22.6 Å². The van der Waals surface area contributed by atoms with Crippen molar-refractivity contribution in [2.45, 2.75) is 39.3 Å². The van der Waals surface area contributed by atoms with Crippen LogP contribution in [0.15, 0.2) is 168 Å². The van der Waals surface area contributed by atoms with Crippen molar-refractivity contribution in [2.24, 2.45) is 18.6 Å². The Morgan fingerprint density at radius 2 is 1.36 bits per heavy atom. The summed E-state index contributed by atoms with van der Waals surface area (Å²) in [6.07, 6.45) is 9.93. The summed E-state index contributed by atoms with van der Waals surface area (Å²) in [7, 11) is -4.73. The van der Waals surface area contributed by atoms with Crippen molar-refractivity contribution in [1.82, 2.24) is 4.98 Å². The number of allylic oxidation sites excluding steroid dienone is 8. The average Bonchev–Trinajstić information content (AvgIpc) is 3.80. The van der Waals surface area contributed by atoms with E-state index in [-0.39, 0.29) is 0 Å². The number of aromatic nitrogens is 1. The number of hydrogen-bond donors (Lipinski definition) is 2. The molecule has 0 spiro atoms. The molecule has 0 atom stereocenters. The third-order valence-corrected chi connectivity index (χ3v) is 13.2. The van der Waals surface area contributed by atoms with Crippen LogP contribution in [0.3, 0.4) is 0 Å². The average molecular weight is 819 g/mol. The fourth-order valence-electron chi connectivity index (χ4n) is 7.70. The zero-order valence-electron chi connectivity index (χ0n) is 33.8. The molecular formula is C47H42N8OSi3. The lowest BCUT2D eigenvalue weighted by Crippen LogP contribution is -2.42. The van der Waals surface area contributed by atoms with E-state index in [2.05, 4.69) is 105 Å². The molecule has 1 aliphatic heterocycles. The topological polar surface area (TPSA) is 126 Å². The Balaban J connectivity index is 1.22. The number of benzene rings is 5. The zero-order chi connectivity index (χ0) is 41.0. The van der Waals surface area contributed by atoms with Crippen LogP contribution in [0.1, 0.15) is 5.56 Å². The molecule has 288 valence electrons. The standard InChI is InChI=1S/C47H42N8OSi3/c1-57(2)51-37-15-11-16-38(43(37)49)55(39-26-24-34(42(48)45(39)52-58(3)4)33-23-18-29-12-7-8-13-32(29)28-33)40-27-25-35(44-46(40)54-59(5,6)53-44)30-19-21-31(22-20-30)47-50-36-14-9-10-17-41(36)56-47/h7-28,48-49H,1-6H3/b48-42?,49-43?,51-37-,52-45-. The number of rotatable bonds is 8. The first-order chi connectivity index (χ1) is 28.4. The maximum Gasteiger partial charge on any atom is 0.298 e. The first-order valence-electron chi connectivity index (χ1n) is 19.6. The van der Waals surface area contributed by atoms with Gasteiger partial charge in [-0.1, -0.05) is 99.0 Å². The van der Waals surface area contributed by atoms with Crippen molar-refractivity contribution in [1.29, 1.82) is 10.8 Å². The van der Waals surface area contributed by atoms with Crippen molar-refractivity contribution >= 4 is 82.3 Å². The summed E-state index contributed by atoms with van der Waals surface area (Å²) in [5.41, 5.74) is 10.2. The van der Waals surface area contributed by atoms with Gasteiger partial charge in [-0.25, -0.2) is 4.98 Å². The smallest absolute Gasteiger partial charge is 0.298 e. The van der Waals surface area contributed by atoms with Crippen LogP contribution in [0.25, 0.3) is 50.0 Å². The molecule has 0 saturated carbocycles. The zero-order valence-corrected chi connectivity index (χ0v) is 36.8. The maximum absolute atomic E-state index is 9.79. The van der Waals surface area contributed by atoms with Crippen molar-refractivity contribution in [2.75, 3.05) is 4.90 Å². The van der Waals surface area contributed by atoms with Crippen LogP contribution in [0.2, 0.25) is 39.3 Å². The molecule has 2 N–H and O–H groups in total. The number of anilines is 1. The van der Waals surface area contributed by atoms with E-state index < -0.39 is 26.3 Å². The summed E-state index contributed by atoms with van der Waals surface area (Å²) < 4.78 is 27.0. The first kappa shape index (κ1) is 38.1. The molecule has 0 bridgehead atoms. The Bertz CT molecular complexity index is 3040. The third-order valence-electron chi connectivity index (χ3n) is 10.3. The van der Waals surface area contributed by atoms with Crippen molar-refractivity contribution in [3.05, 3.63) is 161 Å². The minimum Gasteiger partial charge on any atom is -0.436 e. The van der Waals surface area contributed by atoms with Gasteiger partial charge in [0.25, 0.3) is 8.40 Å². The molecule has 5 aromatic carbocycles. The van der Waals surface area contributed by atoms with Gasteiger partial charge in [-0.2, -0.15) is 0 Å². The van der Waals surface area contributed by atoms with Gasteiger partial charge in [0.05, 0.1) is 44.9 Å². The van der Waals surface area contributed by atoms with Gasteiger partial charge in [-0.05, 0) is 95.7 Å². The Kier molecular flexibility index (Phi) is 9.70. The van der Waals surface area contributed by atoms with Gasteiger partial charge in [-0.15, -0.1) is 0 Å². The highest BCUT2D eigenvalue weighted by atomic mass is 28.3. The van der Waals surface area contributed by atoms with Gasteiger partial charge in [0.1, 0.15) is 11.2 Å². The van der Waals surface area contributed by atoms with Crippen LogP contribution in [0.4, 0.5) is 5.69 Å². The lowest BCUT2D eigenvalue weighted by molar-refractivity contribution is 0.620. The van der Waals surface area contributed by atoms with Crippen molar-refractivity contribution < 1.29 is 4.42 Å². The largest absolute Gasteiger partial charge is 0.436 e. The fraction of sp³-hybridized carbons (Fsp3) is 0.128. The van der Waals surface area contributed by atoms with Gasteiger partial charge >= 0.3 is 0 Å². The van der Waals surface area contributed by atoms with E-state index in [0.29, 0.717) is 40.1 Å². The molecule has 2 heterocycles. The molecule has 9 rings (SSSR count). The molecule has 0 saturated heterocycles. The van der Waals surface area contributed by atoms with E-state index in [1.165, 1.54) is 0 Å². The molecular weight excluding hydrogens is 777 g/mol. The molecule has 59 heavy (non-hydrogen) atoms. The predicted octanol–water partition coefficient (Wildman–Crippen LogP) is 9.93. The summed E-state index contributed by atoms with van der Waals surface area (Å²) >= 11 is 0. The molecule has 6 aromatic rings. The highest BCUT2D eigenvalue weighted by Gasteiger charge is 2.34. The Morgan fingerprint density at radius 3 is 2.12 bits per heavy atom. The van der Waals surface area contributed by atoms with Crippen molar-refractivity contribution in [3.63, 3.8) is 0 Å². The van der Waals surface area contributed by atoms with Gasteiger partial charge in [0, 0.05) is 16.7 Å². The molecule has 0 unspecified atom stereocenters. The molecule has 3 aliphatic rings. The highest BCUT2D eigenvalue weighted by Crippen LogP contribution is 2.34. The summed E-state index contributed by atoms with van der Waals surface area (Å²) in [4.78, 5) is 6.79. The van der Waals surface area contributed by atoms with Gasteiger partial charge in [0.15, 0.2) is 23.5 Å². The van der Waals surface area contributed by atoms with E-state index in [1.807, 2.05) is 72.8 Å². The second kappa shape index (κ2) is 15.0. The molecule has 9 nitrogen and oxygen atoms in total. The number of nitrogens with zero attached hydrogens (tertiary/aromatic N) is 6. The summed E-state index contributed by atoms with van der Waals surface area (Å²) in [6.45, 7) is 12.8. The van der Waals surface area contributed by atoms with Crippen LogP contribution < -0.4 is 15.6 Å². The molecule has 2 radical (unpaired) electrons. The molecule has 2 aliphatic carbocycles. The molecule has 12 heteroatoms. The van der Waals surface area contributed by atoms with Crippen LogP contribution in [-0.4, -0.2) is 54.1 Å². The lowest BCUT2D eigenvalue weighted by Gasteiger charge is -2.34. The Morgan fingerprint density at radius 1 is 0.661 bits per heavy atom. The normalized spacial score (nSPS) is 17.4. The second-order valence-corrected chi connectivity index (χ2v) is 23.3. The molecule has 0 fully saturated rings. The molecule has 1 aromatic heterocycles. The van der Waals surface area contributed by atoms with Gasteiger partial charge < -0.3 is 18.6 Å². The summed E-state index contributed by atoms with van der Waals surface area (Å²) in [5, 5.41) is 23.3. The van der Waals surface area contributed by atoms with Crippen LogP contribution in [0.5, 0.6) is 0 Å². The summed E-state index contributed by atoms with van der Waals surface area (Å²) in [5.74, 6) is 0.576. The third kappa shape index (κ3) is 7.19.